The summed E-state index contributed by atoms with van der Waals surface area (Å²) in [7, 11) is -3.28. The van der Waals surface area contributed by atoms with Crippen LogP contribution in [0.5, 0.6) is 5.88 Å². The molecule has 1 aromatic heterocycles. The molecule has 0 aliphatic rings. The van der Waals surface area contributed by atoms with Crippen molar-refractivity contribution in [1.82, 2.24) is 10.2 Å². The van der Waals surface area contributed by atoms with Crippen LogP contribution in [0.4, 0.5) is 0 Å². The van der Waals surface area contributed by atoms with Gasteiger partial charge in [0.15, 0.2) is 15.6 Å². The highest BCUT2D eigenvalue weighted by Gasteiger charge is 2.24. The number of ketones is 1. The minimum atomic E-state index is -3.28. The summed E-state index contributed by atoms with van der Waals surface area (Å²) in [4.78, 5) is 12.5. The molecule has 152 valence electrons. The zero-order valence-electron chi connectivity index (χ0n) is 16.9. The molecule has 0 unspecified atom stereocenters. The molecule has 6 nitrogen and oxygen atoms in total. The molecule has 3 rings (SSSR count). The van der Waals surface area contributed by atoms with Crippen molar-refractivity contribution < 1.29 is 17.9 Å². The second-order valence-electron chi connectivity index (χ2n) is 7.90. The van der Waals surface area contributed by atoms with E-state index in [-0.39, 0.29) is 17.3 Å². The van der Waals surface area contributed by atoms with Crippen molar-refractivity contribution in [2.75, 3.05) is 12.9 Å². The summed E-state index contributed by atoms with van der Waals surface area (Å²) in [5.41, 5.74) is 2.55. The van der Waals surface area contributed by atoms with Crippen molar-refractivity contribution in [2.24, 2.45) is 5.41 Å². The average molecular weight is 413 g/mol. The van der Waals surface area contributed by atoms with Gasteiger partial charge in [-0.25, -0.2) is 8.42 Å². The van der Waals surface area contributed by atoms with E-state index in [1.165, 1.54) is 6.26 Å². The predicted octanol–water partition coefficient (Wildman–Crippen LogP) is 4.14. The molecule has 1 heterocycles. The number of carbonyl (C=O) groups is 1. The third-order valence-corrected chi connectivity index (χ3v) is 5.67. The topological polar surface area (TPSA) is 89.1 Å². The monoisotopic (exact) mass is 412 g/mol. The van der Waals surface area contributed by atoms with Crippen molar-refractivity contribution in [2.45, 2.75) is 25.7 Å². The van der Waals surface area contributed by atoms with E-state index in [1.807, 2.05) is 51.1 Å². The lowest BCUT2D eigenvalue weighted by molar-refractivity contribution is -0.128. The summed E-state index contributed by atoms with van der Waals surface area (Å²) in [6, 6.07) is 16.1. The third-order valence-electron chi connectivity index (χ3n) is 4.54. The van der Waals surface area contributed by atoms with E-state index in [0.717, 1.165) is 16.7 Å². The molecule has 0 atom stereocenters. The number of nitrogens with zero attached hydrogens (tertiary/aromatic N) is 1. The van der Waals surface area contributed by atoms with Gasteiger partial charge in [-0.05, 0) is 17.7 Å². The van der Waals surface area contributed by atoms with Crippen molar-refractivity contribution in [1.29, 1.82) is 0 Å². The van der Waals surface area contributed by atoms with Crippen LogP contribution in [0.15, 0.2) is 59.5 Å². The first-order chi connectivity index (χ1) is 13.6. The lowest BCUT2D eigenvalue weighted by Crippen LogP contribution is -2.26. The number of Topliss-reactive ketones (excluding diaryl/α,β-unsaturated/α-hetero) is 1. The van der Waals surface area contributed by atoms with Crippen LogP contribution in [0.25, 0.3) is 22.4 Å². The molecule has 0 saturated heterocycles. The molecule has 0 radical (unpaired) electrons. The molecule has 0 fully saturated rings. The summed E-state index contributed by atoms with van der Waals surface area (Å²) in [6.07, 6.45) is 1.17. The Balaban J connectivity index is 2.02. The molecular weight excluding hydrogens is 388 g/mol. The van der Waals surface area contributed by atoms with Gasteiger partial charge in [0, 0.05) is 17.2 Å². The van der Waals surface area contributed by atoms with E-state index in [4.69, 9.17) is 4.74 Å². The van der Waals surface area contributed by atoms with E-state index in [0.29, 0.717) is 11.6 Å². The largest absolute Gasteiger partial charge is 0.468 e. The molecule has 0 spiro atoms. The van der Waals surface area contributed by atoms with Crippen LogP contribution in [0.2, 0.25) is 0 Å². The Hall–Kier alpha value is -2.93. The molecule has 0 aliphatic carbocycles. The maximum absolute atomic E-state index is 12.3. The van der Waals surface area contributed by atoms with Gasteiger partial charge < -0.3 is 4.74 Å². The lowest BCUT2D eigenvalue weighted by atomic mass is 9.91. The first-order valence-electron chi connectivity index (χ1n) is 9.18. The second-order valence-corrected chi connectivity index (χ2v) is 9.92. The van der Waals surface area contributed by atoms with Crippen molar-refractivity contribution in [3.63, 3.8) is 0 Å². The Kier molecular flexibility index (Phi) is 5.61. The maximum Gasteiger partial charge on any atom is 0.241 e. The van der Waals surface area contributed by atoms with Gasteiger partial charge in [-0.15, -0.1) is 5.10 Å². The van der Waals surface area contributed by atoms with Gasteiger partial charge in [0.2, 0.25) is 5.88 Å². The summed E-state index contributed by atoms with van der Waals surface area (Å²) >= 11 is 0. The first-order valence-corrected chi connectivity index (χ1v) is 11.1. The Morgan fingerprint density at radius 1 is 1.00 bits per heavy atom. The second kappa shape index (κ2) is 7.83. The van der Waals surface area contributed by atoms with Crippen LogP contribution >= 0.6 is 0 Å². The first kappa shape index (κ1) is 20.8. The quantitative estimate of drug-likeness (QED) is 0.657. The Bertz CT molecular complexity index is 1110. The molecule has 0 saturated carbocycles. The van der Waals surface area contributed by atoms with Gasteiger partial charge in [-0.2, -0.15) is 0 Å². The molecule has 0 amide bonds. The van der Waals surface area contributed by atoms with Crippen molar-refractivity contribution in [3.05, 3.63) is 54.6 Å². The van der Waals surface area contributed by atoms with Gasteiger partial charge in [-0.3, -0.25) is 9.89 Å². The van der Waals surface area contributed by atoms with E-state index >= 15 is 0 Å². The molecule has 29 heavy (non-hydrogen) atoms. The fourth-order valence-electron chi connectivity index (χ4n) is 2.73. The number of hydrogen-bond donors (Lipinski definition) is 1. The smallest absolute Gasteiger partial charge is 0.241 e. The zero-order chi connectivity index (χ0) is 21.2. The third kappa shape index (κ3) is 4.74. The van der Waals surface area contributed by atoms with Crippen molar-refractivity contribution >= 4 is 15.6 Å². The van der Waals surface area contributed by atoms with Crippen molar-refractivity contribution in [3.8, 4) is 28.3 Å². The molecule has 3 aromatic rings. The molecular formula is C22H24N2O4S. The van der Waals surface area contributed by atoms with E-state index < -0.39 is 15.3 Å². The van der Waals surface area contributed by atoms with E-state index in [9.17, 15) is 13.2 Å². The number of aromatic amines is 1. The SMILES string of the molecule is CC(C)(C)C(=O)COc1n[nH]c(-c2ccc(S(C)(=O)=O)cc2)c1-c1ccccc1. The summed E-state index contributed by atoms with van der Waals surface area (Å²) in [6.45, 7) is 5.45. The van der Waals surface area contributed by atoms with Crippen LogP contribution in [0.1, 0.15) is 20.8 Å². The normalized spacial score (nSPS) is 12.0. The number of carbonyl (C=O) groups excluding carboxylic acids is 1. The Labute approximate surface area is 170 Å². The molecule has 2 aromatic carbocycles. The summed E-state index contributed by atoms with van der Waals surface area (Å²) in [5.74, 6) is 0.301. The molecule has 7 heteroatoms. The molecule has 0 bridgehead atoms. The number of H-pyrrole nitrogens is 1. The molecule has 0 aliphatic heterocycles. The fraction of sp³-hybridized carbons (Fsp3) is 0.273. The number of nitrogens with one attached hydrogen (secondary N) is 1. The van der Waals surface area contributed by atoms with Crippen LogP contribution in [0.3, 0.4) is 0 Å². The van der Waals surface area contributed by atoms with Gasteiger partial charge in [0.1, 0.15) is 6.61 Å². The number of sulfone groups is 1. The number of benzene rings is 2. The predicted molar refractivity (Wildman–Crippen MR) is 113 cm³/mol. The van der Waals surface area contributed by atoms with Crippen LogP contribution < -0.4 is 4.74 Å². The van der Waals surface area contributed by atoms with Gasteiger partial charge in [-0.1, -0.05) is 63.2 Å². The Morgan fingerprint density at radius 2 is 1.62 bits per heavy atom. The highest BCUT2D eigenvalue weighted by atomic mass is 32.2. The lowest BCUT2D eigenvalue weighted by Gasteiger charge is -2.16. The number of aromatic nitrogens is 2. The van der Waals surface area contributed by atoms with Gasteiger partial charge in [0.05, 0.1) is 16.2 Å². The molecule has 1 N–H and O–H groups in total. The number of rotatable bonds is 6. The van der Waals surface area contributed by atoms with Crippen LogP contribution in [-0.4, -0.2) is 37.3 Å². The van der Waals surface area contributed by atoms with Crippen LogP contribution in [-0.2, 0) is 14.6 Å². The van der Waals surface area contributed by atoms with E-state index in [2.05, 4.69) is 10.2 Å². The minimum Gasteiger partial charge on any atom is -0.468 e. The fourth-order valence-corrected chi connectivity index (χ4v) is 3.36. The number of hydrogen-bond acceptors (Lipinski definition) is 5. The van der Waals surface area contributed by atoms with Gasteiger partial charge in [0.25, 0.3) is 0 Å². The Morgan fingerprint density at radius 3 is 2.17 bits per heavy atom. The maximum atomic E-state index is 12.3. The number of ether oxygens (including phenoxy) is 1. The summed E-state index contributed by atoms with van der Waals surface area (Å²) < 4.78 is 29.2. The highest BCUT2D eigenvalue weighted by Crippen LogP contribution is 2.37. The summed E-state index contributed by atoms with van der Waals surface area (Å²) in [5, 5.41) is 7.25. The van der Waals surface area contributed by atoms with Crippen LogP contribution in [0, 0.1) is 5.41 Å². The van der Waals surface area contributed by atoms with E-state index in [1.54, 1.807) is 24.3 Å². The standard InChI is InChI=1S/C22H24N2O4S/c1-22(2,3)18(25)14-28-21-19(15-8-6-5-7-9-15)20(23-24-21)16-10-12-17(13-11-16)29(4,26)27/h5-13H,14H2,1-4H3,(H,23,24). The highest BCUT2D eigenvalue weighted by molar-refractivity contribution is 7.90. The average Bonchev–Trinajstić information content (AvgIpc) is 3.09. The minimum absolute atomic E-state index is 0.0291. The zero-order valence-corrected chi connectivity index (χ0v) is 17.7. The van der Waals surface area contributed by atoms with Gasteiger partial charge >= 0.3 is 0 Å².